The summed E-state index contributed by atoms with van der Waals surface area (Å²) in [7, 11) is 0. The zero-order valence-electron chi connectivity index (χ0n) is 23.4. The van der Waals surface area contributed by atoms with Crippen molar-refractivity contribution in [3.05, 3.63) is 29.8 Å². The Balaban J connectivity index is 0.000000382. The molecule has 1 aliphatic rings. The van der Waals surface area contributed by atoms with Crippen LogP contribution in [0.1, 0.15) is 85.1 Å². The van der Waals surface area contributed by atoms with Crippen molar-refractivity contribution in [2.45, 2.75) is 92.0 Å². The Hall–Kier alpha value is -3.23. The Morgan fingerprint density at radius 3 is 2.13 bits per heavy atom. The van der Waals surface area contributed by atoms with Crippen LogP contribution in [0, 0.1) is 17.3 Å². The second kappa shape index (κ2) is 15.9. The SMILES string of the molecule is CC(=O)C1(CC(CC(=O)NC(C)C)C(=O)O)CCCC1.CC(C)CCc1ccccc1N(C=O)CC(=O)O. The molecule has 0 bridgehead atoms. The molecule has 1 aromatic rings. The number of aliphatic carboxylic acids is 2. The fourth-order valence-corrected chi connectivity index (χ4v) is 4.85. The van der Waals surface area contributed by atoms with Crippen LogP contribution < -0.4 is 10.2 Å². The first-order valence-electron chi connectivity index (χ1n) is 13.4. The number of hydrogen-bond donors (Lipinski definition) is 3. The van der Waals surface area contributed by atoms with Gasteiger partial charge in [-0.25, -0.2) is 0 Å². The highest BCUT2D eigenvalue weighted by Gasteiger charge is 2.42. The van der Waals surface area contributed by atoms with E-state index in [2.05, 4.69) is 19.2 Å². The molecule has 3 N–H and O–H groups in total. The summed E-state index contributed by atoms with van der Waals surface area (Å²) in [6.07, 6.45) is 6.08. The summed E-state index contributed by atoms with van der Waals surface area (Å²) in [6, 6.07) is 7.43. The van der Waals surface area contributed by atoms with Crippen molar-refractivity contribution in [1.29, 1.82) is 0 Å². The number of carbonyl (C=O) groups is 5. The standard InChI is InChI=1S/C15H25NO4.C14H19NO3/c1-10(2)16-13(18)8-12(14(19)20)9-15(11(3)17)6-4-5-7-15;1-11(2)7-8-12-5-3-4-6-13(12)15(10-16)9-14(17)18/h10,12H,4-9H2,1-3H3,(H,16,18)(H,19,20);3-6,10-11H,7-9H2,1-2H3,(H,17,18). The highest BCUT2D eigenvalue weighted by atomic mass is 16.4. The number of hydrogen-bond acceptors (Lipinski definition) is 5. The van der Waals surface area contributed by atoms with Crippen molar-refractivity contribution in [3.63, 3.8) is 0 Å². The summed E-state index contributed by atoms with van der Waals surface area (Å²) < 4.78 is 0. The van der Waals surface area contributed by atoms with E-state index >= 15 is 0 Å². The fourth-order valence-electron chi connectivity index (χ4n) is 4.85. The minimum Gasteiger partial charge on any atom is -0.481 e. The molecule has 212 valence electrons. The van der Waals surface area contributed by atoms with Crippen LogP contribution in [-0.4, -0.2) is 52.8 Å². The Morgan fingerprint density at radius 1 is 1.05 bits per heavy atom. The number of nitrogens with one attached hydrogen (secondary N) is 1. The minimum atomic E-state index is -1.01. The van der Waals surface area contributed by atoms with Crippen molar-refractivity contribution >= 4 is 35.7 Å². The Labute approximate surface area is 226 Å². The number of aryl methyl sites for hydroxylation is 1. The largest absolute Gasteiger partial charge is 0.481 e. The van der Waals surface area contributed by atoms with E-state index in [9.17, 15) is 29.1 Å². The molecular weight excluding hydrogens is 488 g/mol. The number of benzene rings is 1. The number of carbonyl (C=O) groups excluding carboxylic acids is 3. The van der Waals surface area contributed by atoms with Crippen LogP contribution in [-0.2, 0) is 30.4 Å². The molecule has 1 unspecified atom stereocenters. The molecule has 38 heavy (non-hydrogen) atoms. The third-order valence-corrected chi connectivity index (χ3v) is 6.90. The Morgan fingerprint density at radius 2 is 1.66 bits per heavy atom. The lowest BCUT2D eigenvalue weighted by molar-refractivity contribution is -0.146. The third-order valence-electron chi connectivity index (χ3n) is 6.90. The maximum absolute atomic E-state index is 11.9. The quantitative estimate of drug-likeness (QED) is 0.300. The maximum atomic E-state index is 11.9. The summed E-state index contributed by atoms with van der Waals surface area (Å²) in [6.45, 7) is 9.18. The zero-order chi connectivity index (χ0) is 28.9. The van der Waals surface area contributed by atoms with E-state index in [1.54, 1.807) is 13.0 Å². The van der Waals surface area contributed by atoms with Gasteiger partial charge in [-0.15, -0.1) is 0 Å². The second-order valence-electron chi connectivity index (χ2n) is 10.9. The highest BCUT2D eigenvalue weighted by molar-refractivity contribution is 5.86. The van der Waals surface area contributed by atoms with Gasteiger partial charge in [-0.1, -0.05) is 44.9 Å². The number of ketones is 1. The number of para-hydroxylation sites is 1. The molecule has 9 heteroatoms. The van der Waals surface area contributed by atoms with Gasteiger partial charge >= 0.3 is 11.9 Å². The van der Waals surface area contributed by atoms with E-state index in [0.717, 1.165) is 44.1 Å². The molecular formula is C29H44N2O7. The summed E-state index contributed by atoms with van der Waals surface area (Å²) in [5.74, 6) is -2.41. The van der Waals surface area contributed by atoms with Crippen molar-refractivity contribution in [2.75, 3.05) is 11.4 Å². The summed E-state index contributed by atoms with van der Waals surface area (Å²) in [5.41, 5.74) is 1.18. The third kappa shape index (κ3) is 11.0. The smallest absolute Gasteiger partial charge is 0.323 e. The average Bonchev–Trinajstić information content (AvgIpc) is 3.31. The molecule has 1 saturated carbocycles. The summed E-state index contributed by atoms with van der Waals surface area (Å²) in [4.78, 5) is 58.0. The molecule has 9 nitrogen and oxygen atoms in total. The molecule has 1 aromatic carbocycles. The molecule has 2 rings (SSSR count). The Bertz CT molecular complexity index is 952. The number of carboxylic acid groups (broad SMARTS) is 2. The maximum Gasteiger partial charge on any atom is 0.323 e. The molecule has 1 atom stereocenters. The predicted molar refractivity (Wildman–Crippen MR) is 146 cm³/mol. The van der Waals surface area contributed by atoms with Crippen molar-refractivity contribution < 1.29 is 34.2 Å². The number of carboxylic acids is 2. The van der Waals surface area contributed by atoms with Crippen LogP contribution >= 0.6 is 0 Å². The van der Waals surface area contributed by atoms with Crippen LogP contribution in [0.2, 0.25) is 0 Å². The van der Waals surface area contributed by atoms with Gasteiger partial charge in [0.05, 0.1) is 5.92 Å². The van der Waals surface area contributed by atoms with Gasteiger partial charge < -0.3 is 20.4 Å². The van der Waals surface area contributed by atoms with Gasteiger partial charge in [-0.3, -0.25) is 24.0 Å². The predicted octanol–water partition coefficient (Wildman–Crippen LogP) is 4.46. The van der Waals surface area contributed by atoms with E-state index in [4.69, 9.17) is 5.11 Å². The number of rotatable bonds is 14. The fraction of sp³-hybridized carbons (Fsp3) is 0.621. The lowest BCUT2D eigenvalue weighted by Gasteiger charge is -2.29. The van der Waals surface area contributed by atoms with Crippen LogP contribution in [0.4, 0.5) is 5.69 Å². The van der Waals surface area contributed by atoms with Gasteiger partial charge in [-0.2, -0.15) is 0 Å². The van der Waals surface area contributed by atoms with Crippen LogP contribution in [0.25, 0.3) is 0 Å². The average molecular weight is 533 g/mol. The van der Waals surface area contributed by atoms with Crippen LogP contribution in [0.15, 0.2) is 24.3 Å². The van der Waals surface area contributed by atoms with Crippen LogP contribution in [0.3, 0.4) is 0 Å². The van der Waals surface area contributed by atoms with Gasteiger partial charge in [0.1, 0.15) is 12.3 Å². The van der Waals surface area contributed by atoms with Gasteiger partial charge in [0.2, 0.25) is 12.3 Å². The lowest BCUT2D eigenvalue weighted by atomic mass is 9.74. The topological polar surface area (TPSA) is 141 Å². The first-order valence-corrected chi connectivity index (χ1v) is 13.4. The van der Waals surface area contributed by atoms with Crippen molar-refractivity contribution in [3.8, 4) is 0 Å². The first-order chi connectivity index (χ1) is 17.8. The van der Waals surface area contributed by atoms with E-state index in [1.807, 2.05) is 32.0 Å². The molecule has 1 fully saturated rings. The highest BCUT2D eigenvalue weighted by Crippen LogP contribution is 2.44. The number of amides is 2. The number of Topliss-reactive ketones (excluding diaryl/α,β-unsaturated/α-hetero) is 1. The van der Waals surface area contributed by atoms with Crippen LogP contribution in [0.5, 0.6) is 0 Å². The minimum absolute atomic E-state index is 0.00908. The van der Waals surface area contributed by atoms with Gasteiger partial charge in [0.15, 0.2) is 0 Å². The molecule has 0 spiro atoms. The van der Waals surface area contributed by atoms with Crippen molar-refractivity contribution in [1.82, 2.24) is 5.32 Å². The number of anilines is 1. The molecule has 1 aliphatic carbocycles. The van der Waals surface area contributed by atoms with Gasteiger partial charge in [-0.05, 0) is 70.4 Å². The normalized spacial score (nSPS) is 14.8. The molecule has 2 amide bonds. The van der Waals surface area contributed by atoms with E-state index in [0.29, 0.717) is 18.0 Å². The first kappa shape index (κ1) is 32.8. The second-order valence-corrected chi connectivity index (χ2v) is 10.9. The van der Waals surface area contributed by atoms with Gasteiger partial charge in [0, 0.05) is 23.6 Å². The molecule has 0 heterocycles. The van der Waals surface area contributed by atoms with E-state index in [1.165, 1.54) is 4.90 Å². The Kier molecular flexibility index (Phi) is 13.7. The zero-order valence-corrected chi connectivity index (χ0v) is 23.4. The van der Waals surface area contributed by atoms with E-state index in [-0.39, 0.29) is 37.1 Å². The lowest BCUT2D eigenvalue weighted by Crippen LogP contribution is -2.36. The molecule has 0 aliphatic heterocycles. The number of nitrogens with zero attached hydrogens (tertiary/aromatic N) is 1. The molecule has 0 radical (unpaired) electrons. The van der Waals surface area contributed by atoms with E-state index < -0.39 is 23.3 Å². The summed E-state index contributed by atoms with van der Waals surface area (Å²) >= 11 is 0. The molecule has 0 saturated heterocycles. The monoisotopic (exact) mass is 532 g/mol. The molecule has 0 aromatic heterocycles. The van der Waals surface area contributed by atoms with Crippen molar-refractivity contribution in [2.24, 2.45) is 17.3 Å². The summed E-state index contributed by atoms with van der Waals surface area (Å²) in [5, 5.41) is 20.8. The van der Waals surface area contributed by atoms with Gasteiger partial charge in [0.25, 0.3) is 0 Å².